The molecule has 2 aromatic heterocycles. The molecule has 1 unspecified atom stereocenters. The number of carbonyl (C=O) groups excluding carboxylic acids is 1. The van der Waals surface area contributed by atoms with Crippen molar-refractivity contribution < 1.29 is 9.53 Å². The maximum absolute atomic E-state index is 13.4. The molecular weight excluding hydrogens is 416 g/mol. The Balaban J connectivity index is 0.00000126. The van der Waals surface area contributed by atoms with Gasteiger partial charge < -0.3 is 14.5 Å². The lowest BCUT2D eigenvalue weighted by atomic mass is 9.98. The molecule has 33 heavy (non-hydrogen) atoms. The summed E-state index contributed by atoms with van der Waals surface area (Å²) in [6, 6.07) is 9.44. The Morgan fingerprint density at radius 1 is 1.12 bits per heavy atom. The topological polar surface area (TPSA) is 86.8 Å². The molecule has 4 heterocycles. The SMILES string of the molecule is C#N.COc1ccccc1C(=O)N1CCCCC1c1cc2nc(N3CCCC3)c(C)cn2n1. The lowest BCUT2D eigenvalue weighted by Gasteiger charge is -2.35. The molecule has 0 saturated carbocycles. The van der Waals surface area contributed by atoms with Crippen molar-refractivity contribution in [1.82, 2.24) is 19.5 Å². The third kappa shape index (κ3) is 4.36. The zero-order chi connectivity index (χ0) is 23.4. The number of nitriles is 1. The molecule has 1 amide bonds. The fourth-order valence-corrected chi connectivity index (χ4v) is 4.89. The number of rotatable bonds is 4. The van der Waals surface area contributed by atoms with Crippen molar-refractivity contribution >= 4 is 17.4 Å². The number of piperidine rings is 1. The van der Waals surface area contributed by atoms with E-state index in [1.54, 1.807) is 7.11 Å². The van der Waals surface area contributed by atoms with Crippen molar-refractivity contribution in [2.45, 2.75) is 45.1 Å². The van der Waals surface area contributed by atoms with Crippen molar-refractivity contribution in [2.24, 2.45) is 0 Å². The summed E-state index contributed by atoms with van der Waals surface area (Å²) >= 11 is 0. The van der Waals surface area contributed by atoms with E-state index in [0.717, 1.165) is 61.6 Å². The number of carbonyl (C=O) groups is 1. The van der Waals surface area contributed by atoms with Crippen molar-refractivity contribution in [2.75, 3.05) is 31.6 Å². The van der Waals surface area contributed by atoms with Crippen LogP contribution in [0.25, 0.3) is 5.65 Å². The average molecular weight is 447 g/mol. The van der Waals surface area contributed by atoms with Gasteiger partial charge in [0.15, 0.2) is 5.65 Å². The number of ether oxygens (including phenoxy) is 1. The largest absolute Gasteiger partial charge is 0.496 e. The molecule has 0 bridgehead atoms. The first-order chi connectivity index (χ1) is 16.2. The molecule has 0 radical (unpaired) electrons. The van der Waals surface area contributed by atoms with Crippen LogP contribution in [-0.4, -0.2) is 52.1 Å². The predicted octanol–water partition coefficient (Wildman–Crippen LogP) is 4.15. The first-order valence-corrected chi connectivity index (χ1v) is 11.5. The minimum Gasteiger partial charge on any atom is -0.496 e. The van der Waals surface area contributed by atoms with Gasteiger partial charge in [-0.15, -0.1) is 0 Å². The van der Waals surface area contributed by atoms with E-state index >= 15 is 0 Å². The molecule has 8 nitrogen and oxygen atoms in total. The van der Waals surface area contributed by atoms with E-state index in [1.807, 2.05) is 33.7 Å². The van der Waals surface area contributed by atoms with Gasteiger partial charge in [-0.3, -0.25) is 4.79 Å². The molecule has 1 atom stereocenters. The van der Waals surface area contributed by atoms with Crippen LogP contribution in [0.15, 0.2) is 36.5 Å². The molecule has 2 saturated heterocycles. The number of hydrogen-bond donors (Lipinski definition) is 0. The molecule has 3 aromatic rings. The van der Waals surface area contributed by atoms with Gasteiger partial charge >= 0.3 is 0 Å². The van der Waals surface area contributed by atoms with E-state index in [1.165, 1.54) is 12.8 Å². The molecule has 0 aliphatic carbocycles. The number of aromatic nitrogens is 3. The number of amides is 1. The molecule has 5 rings (SSSR count). The molecule has 172 valence electrons. The first-order valence-electron chi connectivity index (χ1n) is 11.5. The number of hydrogen-bond acceptors (Lipinski definition) is 6. The van der Waals surface area contributed by atoms with Gasteiger partial charge in [0.05, 0.1) is 24.4 Å². The molecule has 1 aromatic carbocycles. The Bertz CT molecular complexity index is 1150. The molecule has 8 heteroatoms. The van der Waals surface area contributed by atoms with Gasteiger partial charge in [0.2, 0.25) is 0 Å². The maximum Gasteiger partial charge on any atom is 0.258 e. The standard InChI is InChI=1S/C24H29N5O2.CHN/c1-17-16-29-22(25-23(17)27-12-7-8-13-27)15-19(26-29)20-10-5-6-14-28(20)24(30)18-9-3-4-11-21(18)31-2;1-2/h3-4,9,11,15-16,20H,5-8,10,12-14H2,1-2H3;1H. The van der Waals surface area contributed by atoms with Gasteiger partial charge in [-0.25, -0.2) is 14.8 Å². The molecule has 2 aliphatic rings. The third-order valence-corrected chi connectivity index (χ3v) is 6.47. The summed E-state index contributed by atoms with van der Waals surface area (Å²) < 4.78 is 7.31. The van der Waals surface area contributed by atoms with Gasteiger partial charge in [-0.05, 0) is 51.2 Å². The van der Waals surface area contributed by atoms with E-state index in [0.29, 0.717) is 11.3 Å². The van der Waals surface area contributed by atoms with Crippen LogP contribution in [0.3, 0.4) is 0 Å². The van der Waals surface area contributed by atoms with Crippen molar-refractivity contribution in [1.29, 1.82) is 5.26 Å². The van der Waals surface area contributed by atoms with Gasteiger partial charge in [-0.1, -0.05) is 12.1 Å². The van der Waals surface area contributed by atoms with E-state index in [2.05, 4.69) is 30.7 Å². The van der Waals surface area contributed by atoms with Gasteiger partial charge in [0, 0.05) is 44.0 Å². The summed E-state index contributed by atoms with van der Waals surface area (Å²) in [5.41, 5.74) is 3.49. The van der Waals surface area contributed by atoms with Crippen LogP contribution < -0.4 is 9.64 Å². The summed E-state index contributed by atoms with van der Waals surface area (Å²) in [5.74, 6) is 1.67. The Morgan fingerprint density at radius 2 is 1.85 bits per heavy atom. The lowest BCUT2D eigenvalue weighted by molar-refractivity contribution is 0.0602. The number of para-hydroxylation sites is 1. The second-order valence-corrected chi connectivity index (χ2v) is 8.52. The lowest BCUT2D eigenvalue weighted by Crippen LogP contribution is -2.38. The second kappa shape index (κ2) is 9.90. The monoisotopic (exact) mass is 446 g/mol. The second-order valence-electron chi connectivity index (χ2n) is 8.52. The Morgan fingerprint density at radius 3 is 2.61 bits per heavy atom. The van der Waals surface area contributed by atoms with E-state index in [4.69, 9.17) is 20.1 Å². The Hall–Kier alpha value is -3.60. The number of anilines is 1. The van der Waals surface area contributed by atoms with Crippen molar-refractivity contribution in [3.05, 3.63) is 53.3 Å². The third-order valence-electron chi connectivity index (χ3n) is 6.47. The molecule has 0 spiro atoms. The Kier molecular flexibility index (Phi) is 6.78. The highest BCUT2D eigenvalue weighted by Gasteiger charge is 2.32. The Labute approximate surface area is 194 Å². The van der Waals surface area contributed by atoms with Crippen LogP contribution >= 0.6 is 0 Å². The molecule has 0 N–H and O–H groups in total. The summed E-state index contributed by atoms with van der Waals surface area (Å²) in [5, 5.41) is 11.3. The van der Waals surface area contributed by atoms with Crippen molar-refractivity contribution in [3.8, 4) is 12.3 Å². The molecule has 2 aliphatic heterocycles. The predicted molar refractivity (Wildman–Crippen MR) is 126 cm³/mol. The average Bonchev–Trinajstić information content (AvgIpc) is 3.54. The van der Waals surface area contributed by atoms with Gasteiger partial charge in [0.25, 0.3) is 5.91 Å². The first kappa shape index (κ1) is 22.6. The minimum absolute atomic E-state index is 0.00102. The molecular formula is C25H30N6O2. The van der Waals surface area contributed by atoms with E-state index < -0.39 is 0 Å². The summed E-state index contributed by atoms with van der Waals surface area (Å²) in [6.07, 6.45) is 7.50. The van der Waals surface area contributed by atoms with Crippen molar-refractivity contribution in [3.63, 3.8) is 0 Å². The fourth-order valence-electron chi connectivity index (χ4n) is 4.89. The highest BCUT2D eigenvalue weighted by atomic mass is 16.5. The van der Waals surface area contributed by atoms with Crippen LogP contribution in [0, 0.1) is 18.8 Å². The summed E-state index contributed by atoms with van der Waals surface area (Å²) in [4.78, 5) is 22.7. The number of methoxy groups -OCH3 is 1. The number of benzene rings is 1. The van der Waals surface area contributed by atoms with Crippen LogP contribution in [-0.2, 0) is 0 Å². The van der Waals surface area contributed by atoms with Crippen LogP contribution in [0.4, 0.5) is 5.82 Å². The zero-order valence-corrected chi connectivity index (χ0v) is 19.3. The fraction of sp³-hybridized carbons (Fsp3) is 0.440. The highest BCUT2D eigenvalue weighted by molar-refractivity contribution is 5.97. The zero-order valence-electron chi connectivity index (χ0n) is 19.3. The number of nitrogens with zero attached hydrogens (tertiary/aromatic N) is 6. The van der Waals surface area contributed by atoms with Gasteiger partial charge in [-0.2, -0.15) is 5.10 Å². The molecule has 2 fully saturated rings. The quantitative estimate of drug-likeness (QED) is 0.598. The van der Waals surface area contributed by atoms with E-state index in [-0.39, 0.29) is 11.9 Å². The number of likely N-dealkylation sites (tertiary alicyclic amines) is 1. The summed E-state index contributed by atoms with van der Waals surface area (Å²) in [6.45, 7) is 8.45. The van der Waals surface area contributed by atoms with Crippen LogP contribution in [0.5, 0.6) is 5.75 Å². The highest BCUT2D eigenvalue weighted by Crippen LogP contribution is 2.34. The van der Waals surface area contributed by atoms with Crippen LogP contribution in [0.1, 0.15) is 59.8 Å². The number of fused-ring (bicyclic) bond motifs is 1. The number of aryl methyl sites for hydroxylation is 1. The smallest absolute Gasteiger partial charge is 0.258 e. The maximum atomic E-state index is 13.4. The minimum atomic E-state index is -0.0524. The summed E-state index contributed by atoms with van der Waals surface area (Å²) in [7, 11) is 1.61. The van der Waals surface area contributed by atoms with Crippen LogP contribution in [0.2, 0.25) is 0 Å². The normalized spacial score (nSPS) is 18.1. The van der Waals surface area contributed by atoms with E-state index in [9.17, 15) is 4.79 Å². The van der Waals surface area contributed by atoms with Gasteiger partial charge in [0.1, 0.15) is 11.6 Å².